The Labute approximate surface area is 173 Å². The van der Waals surface area contributed by atoms with Crippen LogP contribution in [0.4, 0.5) is 0 Å². The molecule has 0 spiro atoms. The highest BCUT2D eigenvalue weighted by molar-refractivity contribution is 14.2. The maximum atomic E-state index is 12.4. The van der Waals surface area contributed by atoms with Crippen molar-refractivity contribution in [2.75, 3.05) is 13.2 Å². The predicted molar refractivity (Wildman–Crippen MR) is 114 cm³/mol. The molecule has 0 fully saturated rings. The quantitative estimate of drug-likeness (QED) is 0.336. The van der Waals surface area contributed by atoms with Gasteiger partial charge in [0, 0.05) is 13.0 Å². The van der Waals surface area contributed by atoms with Gasteiger partial charge in [0.2, 0.25) is 5.88 Å². The average Bonchev–Trinajstić information content (AvgIpc) is 2.62. The summed E-state index contributed by atoms with van der Waals surface area (Å²) in [5.41, 5.74) is -0.175. The summed E-state index contributed by atoms with van der Waals surface area (Å²) in [7, 11) is 0. The zero-order valence-electron chi connectivity index (χ0n) is 15.5. The van der Waals surface area contributed by atoms with Gasteiger partial charge < -0.3 is 14.6 Å². The Bertz CT molecular complexity index is 865. The van der Waals surface area contributed by atoms with Gasteiger partial charge >= 0.3 is 0 Å². The lowest BCUT2D eigenvalue weighted by atomic mass is 10.1. The first-order chi connectivity index (χ1) is 12.8. The lowest BCUT2D eigenvalue weighted by molar-refractivity contribution is 0.223. The van der Waals surface area contributed by atoms with E-state index in [1.807, 2.05) is 32.9 Å². The number of ether oxygens (including phenoxy) is 2. The van der Waals surface area contributed by atoms with E-state index in [-0.39, 0.29) is 24.0 Å². The molecule has 0 amide bonds. The van der Waals surface area contributed by atoms with Crippen LogP contribution in [0.1, 0.15) is 32.8 Å². The van der Waals surface area contributed by atoms with Crippen molar-refractivity contribution in [1.29, 1.82) is 0 Å². The first-order valence-electron chi connectivity index (χ1n) is 8.31. The SMILES string of the molecule is C=Ic1ccc(COc2cnn(C(C)(C)C)c(=O)c2Cl)c(OCCCO)n1. The van der Waals surface area contributed by atoms with E-state index in [0.717, 1.165) is 3.70 Å². The van der Waals surface area contributed by atoms with Crippen molar-refractivity contribution in [2.45, 2.75) is 39.3 Å². The van der Waals surface area contributed by atoms with Crippen LogP contribution < -0.4 is 15.0 Å². The number of nitrogens with zero attached hydrogens (tertiary/aromatic N) is 3. The van der Waals surface area contributed by atoms with E-state index in [2.05, 4.69) is 14.6 Å². The molecule has 0 aromatic carbocycles. The fourth-order valence-electron chi connectivity index (χ4n) is 2.14. The van der Waals surface area contributed by atoms with Gasteiger partial charge in [0.15, 0.2) is 10.8 Å². The van der Waals surface area contributed by atoms with Gasteiger partial charge in [-0.05, 0) is 32.9 Å². The number of halogens is 2. The van der Waals surface area contributed by atoms with Crippen LogP contribution in [0, 0.1) is 3.70 Å². The summed E-state index contributed by atoms with van der Waals surface area (Å²) in [6.45, 7) is 6.11. The van der Waals surface area contributed by atoms with Gasteiger partial charge in [0.05, 0.1) is 27.6 Å². The van der Waals surface area contributed by atoms with Gasteiger partial charge in [0.25, 0.3) is 5.56 Å². The summed E-state index contributed by atoms with van der Waals surface area (Å²) in [4.78, 5) is 16.8. The molecular weight excluding hydrogens is 485 g/mol. The number of aliphatic hydroxyl groups excluding tert-OH is 1. The molecule has 0 radical (unpaired) electrons. The largest absolute Gasteiger partial charge is 0.485 e. The fraction of sp³-hybridized carbons (Fsp3) is 0.444. The second kappa shape index (κ2) is 9.61. The third-order valence-corrected chi connectivity index (χ3v) is 5.22. The molecule has 7 nitrogen and oxygen atoms in total. The van der Waals surface area contributed by atoms with Gasteiger partial charge in [-0.15, -0.1) is 0 Å². The number of aromatic nitrogens is 3. The second-order valence-corrected chi connectivity index (χ2v) is 8.90. The standard InChI is InChI=1S/C18H23ClIN3O4/c1-18(2,3)23-17(25)15(19)13(10-21-23)27-11-12-6-7-14(20-4)22-16(12)26-9-5-8-24/h6-7,10,24H,4-5,8-9,11H2,1-3H3. The van der Waals surface area contributed by atoms with E-state index in [0.29, 0.717) is 24.5 Å². The van der Waals surface area contributed by atoms with E-state index in [1.54, 1.807) is 0 Å². The molecule has 9 heteroatoms. The number of aliphatic hydroxyl groups is 1. The Morgan fingerprint density at radius 1 is 1.33 bits per heavy atom. The summed E-state index contributed by atoms with van der Waals surface area (Å²) in [6, 6.07) is 3.74. The molecular formula is C18H23ClIN3O4. The summed E-state index contributed by atoms with van der Waals surface area (Å²) in [5, 5.41) is 13.1. The molecule has 1 N–H and O–H groups in total. The molecule has 0 unspecified atom stereocenters. The number of pyridine rings is 1. The summed E-state index contributed by atoms with van der Waals surface area (Å²) in [5.74, 6) is 0.647. The molecule has 0 aliphatic heterocycles. The maximum Gasteiger partial charge on any atom is 0.289 e. The van der Waals surface area contributed by atoms with Crippen molar-refractivity contribution >= 4 is 36.8 Å². The Balaban J connectivity index is 2.22. The summed E-state index contributed by atoms with van der Waals surface area (Å²) >= 11 is 5.76. The van der Waals surface area contributed by atoms with Gasteiger partial charge in [-0.2, -0.15) is 5.10 Å². The monoisotopic (exact) mass is 507 g/mol. The number of hydrogen-bond acceptors (Lipinski definition) is 6. The van der Waals surface area contributed by atoms with Gasteiger partial charge in [0.1, 0.15) is 6.61 Å². The Kier molecular flexibility index (Phi) is 7.75. The zero-order chi connectivity index (χ0) is 20.0. The van der Waals surface area contributed by atoms with E-state index in [4.69, 9.17) is 26.2 Å². The molecule has 2 aromatic rings. The van der Waals surface area contributed by atoms with Crippen molar-refractivity contribution in [1.82, 2.24) is 14.8 Å². The van der Waals surface area contributed by atoms with Crippen LogP contribution in [0.15, 0.2) is 23.1 Å². The topological polar surface area (TPSA) is 86.5 Å². The van der Waals surface area contributed by atoms with Crippen LogP contribution in [0.5, 0.6) is 11.6 Å². The Hall–Kier alpha value is -1.52. The molecule has 2 rings (SSSR count). The molecule has 148 valence electrons. The van der Waals surface area contributed by atoms with Gasteiger partial charge in [-0.3, -0.25) is 4.79 Å². The molecule has 0 atom stereocenters. The molecule has 27 heavy (non-hydrogen) atoms. The first-order valence-corrected chi connectivity index (χ1v) is 11.3. The number of hydrogen-bond donors (Lipinski definition) is 1. The van der Waals surface area contributed by atoms with Gasteiger partial charge in [-0.1, -0.05) is 36.8 Å². The Morgan fingerprint density at radius 2 is 2.07 bits per heavy atom. The van der Waals surface area contributed by atoms with E-state index < -0.39 is 31.8 Å². The summed E-state index contributed by atoms with van der Waals surface area (Å²) in [6.07, 6.45) is 1.94. The molecule has 0 aliphatic rings. The molecule has 0 saturated carbocycles. The normalized spacial score (nSPS) is 11.4. The highest BCUT2D eigenvalue weighted by Gasteiger charge is 2.20. The molecule has 0 saturated heterocycles. The summed E-state index contributed by atoms with van der Waals surface area (Å²) < 4.78 is 17.5. The van der Waals surface area contributed by atoms with Crippen molar-refractivity contribution in [3.8, 4) is 11.6 Å². The van der Waals surface area contributed by atoms with Gasteiger partial charge in [-0.25, -0.2) is 9.67 Å². The number of rotatable bonds is 8. The molecule has 2 heterocycles. The third-order valence-electron chi connectivity index (χ3n) is 3.49. The van der Waals surface area contributed by atoms with Crippen LogP contribution in [0.25, 0.3) is 0 Å². The van der Waals surface area contributed by atoms with E-state index in [9.17, 15) is 4.79 Å². The van der Waals surface area contributed by atoms with Crippen LogP contribution >= 0.6 is 32.3 Å². The Morgan fingerprint density at radius 3 is 2.70 bits per heavy atom. The average molecular weight is 508 g/mol. The highest BCUT2D eigenvalue weighted by Crippen LogP contribution is 2.25. The first kappa shape index (κ1) is 21.8. The van der Waals surface area contributed by atoms with Crippen molar-refractivity contribution < 1.29 is 14.6 Å². The van der Waals surface area contributed by atoms with Crippen LogP contribution in [0.2, 0.25) is 5.02 Å². The van der Waals surface area contributed by atoms with E-state index >= 15 is 0 Å². The van der Waals surface area contributed by atoms with Crippen molar-refractivity contribution in [3.63, 3.8) is 0 Å². The fourth-order valence-corrected chi connectivity index (χ4v) is 3.15. The lowest BCUT2D eigenvalue weighted by Crippen LogP contribution is -2.36. The van der Waals surface area contributed by atoms with Crippen molar-refractivity contribution in [2.24, 2.45) is 0 Å². The smallest absolute Gasteiger partial charge is 0.289 e. The lowest BCUT2D eigenvalue weighted by Gasteiger charge is -2.21. The van der Waals surface area contributed by atoms with Crippen LogP contribution in [-0.2, 0) is 12.1 Å². The molecule has 2 aromatic heterocycles. The minimum atomic E-state index is -0.482. The molecule has 0 aliphatic carbocycles. The zero-order valence-corrected chi connectivity index (χ0v) is 18.5. The van der Waals surface area contributed by atoms with E-state index in [1.165, 1.54) is 10.9 Å². The predicted octanol–water partition coefficient (Wildman–Crippen LogP) is 2.96. The maximum absolute atomic E-state index is 12.4. The van der Waals surface area contributed by atoms with Crippen molar-refractivity contribution in [3.05, 3.63) is 43.0 Å². The third kappa shape index (κ3) is 5.73. The minimum Gasteiger partial charge on any atom is -0.485 e. The van der Waals surface area contributed by atoms with Crippen LogP contribution in [0.3, 0.4) is 0 Å². The highest BCUT2D eigenvalue weighted by atomic mass is 127. The second-order valence-electron chi connectivity index (χ2n) is 6.66. The van der Waals surface area contributed by atoms with Crippen LogP contribution in [-0.4, -0.2) is 37.6 Å². The molecule has 0 bridgehead atoms. The minimum absolute atomic E-state index is 0.0177.